The molecule has 0 amide bonds. The number of rotatable bonds is 4. The lowest BCUT2D eigenvalue weighted by Gasteiger charge is -2.60. The van der Waals surface area contributed by atoms with Crippen LogP contribution in [0, 0.1) is 34.5 Å². The lowest BCUT2D eigenvalue weighted by Crippen LogP contribution is -2.62. The summed E-state index contributed by atoms with van der Waals surface area (Å²) in [6, 6.07) is 0. The van der Waals surface area contributed by atoms with Gasteiger partial charge in [0, 0.05) is 17.8 Å². The molecule has 9 heteroatoms. The molecule has 0 unspecified atom stereocenters. The van der Waals surface area contributed by atoms with Crippen LogP contribution >= 0.6 is 0 Å². The highest BCUT2D eigenvalue weighted by Gasteiger charge is 2.68. The van der Waals surface area contributed by atoms with Gasteiger partial charge in [-0.25, -0.2) is 4.18 Å². The Balaban J connectivity index is 1.61. The lowest BCUT2D eigenvalue weighted by molar-refractivity contribution is -0.179. The van der Waals surface area contributed by atoms with Crippen molar-refractivity contribution in [1.82, 2.24) is 0 Å². The topological polar surface area (TPSA) is 138 Å². The van der Waals surface area contributed by atoms with Crippen LogP contribution in [0.3, 0.4) is 0 Å². The summed E-state index contributed by atoms with van der Waals surface area (Å²) < 4.78 is 36.1. The molecule has 0 aromatic heterocycles. The molecule has 0 aromatic carbocycles. The van der Waals surface area contributed by atoms with E-state index in [0.29, 0.717) is 25.7 Å². The van der Waals surface area contributed by atoms with Crippen LogP contribution in [0.4, 0.5) is 0 Å². The van der Waals surface area contributed by atoms with Crippen LogP contribution in [-0.4, -0.2) is 53.1 Å². The molecule has 0 aliphatic heterocycles. The van der Waals surface area contributed by atoms with Gasteiger partial charge in [-0.15, -0.1) is 0 Å². The number of hydrogen-bond acceptors (Lipinski definition) is 7. The molecular formula is C21H32O8S. The van der Waals surface area contributed by atoms with Gasteiger partial charge >= 0.3 is 10.4 Å². The zero-order valence-electron chi connectivity index (χ0n) is 17.5. The molecule has 0 aromatic rings. The Morgan fingerprint density at radius 3 is 2.50 bits per heavy atom. The maximum absolute atomic E-state index is 13.5. The predicted molar refractivity (Wildman–Crippen MR) is 106 cm³/mol. The van der Waals surface area contributed by atoms with E-state index in [-0.39, 0.29) is 47.7 Å². The van der Waals surface area contributed by atoms with Crippen molar-refractivity contribution >= 4 is 22.0 Å². The second kappa shape index (κ2) is 7.07. The van der Waals surface area contributed by atoms with Crippen molar-refractivity contribution < 1.29 is 37.0 Å². The lowest BCUT2D eigenvalue weighted by atomic mass is 9.44. The average molecular weight is 445 g/mol. The fraction of sp³-hybridized carbons (Fsp3) is 0.905. The third-order valence-electron chi connectivity index (χ3n) is 9.32. The monoisotopic (exact) mass is 444 g/mol. The van der Waals surface area contributed by atoms with Gasteiger partial charge in [-0.1, -0.05) is 13.8 Å². The number of carbonyl (C=O) groups excluding carboxylic acids is 2. The van der Waals surface area contributed by atoms with Gasteiger partial charge in [-0.05, 0) is 68.1 Å². The van der Waals surface area contributed by atoms with Gasteiger partial charge in [0.05, 0.1) is 6.10 Å². The number of Topliss-reactive ketones (excluding diaryl/α,β-unsaturated/α-hetero) is 2. The number of ketones is 2. The van der Waals surface area contributed by atoms with Crippen molar-refractivity contribution in [2.45, 2.75) is 76.9 Å². The van der Waals surface area contributed by atoms with Gasteiger partial charge < -0.3 is 10.2 Å². The number of aliphatic hydroxyl groups is 2. The standard InChI is InChI=1S/C21H32O8S/c1-19-7-5-13(29-30(26,27)28)9-12(19)3-4-14-15-6-8-21(25,17(24)11-22)20(15,2)10-16(23)18(14)19/h12-15,18,22,25H,3-11H2,1-2H3,(H,26,27,28)/t12-,13-,14+,15+,18-,19+,20+,21+/m1/s1. The Labute approximate surface area is 177 Å². The summed E-state index contributed by atoms with van der Waals surface area (Å²) in [5, 5.41) is 20.6. The van der Waals surface area contributed by atoms with Crippen LogP contribution in [0.1, 0.15) is 65.2 Å². The van der Waals surface area contributed by atoms with E-state index < -0.39 is 39.9 Å². The number of fused-ring (bicyclic) bond motifs is 5. The first-order chi connectivity index (χ1) is 13.9. The minimum Gasteiger partial charge on any atom is -0.388 e. The first kappa shape index (κ1) is 22.3. The van der Waals surface area contributed by atoms with Gasteiger partial charge in [0.15, 0.2) is 5.78 Å². The third-order valence-corrected chi connectivity index (χ3v) is 9.84. The molecule has 4 aliphatic rings. The summed E-state index contributed by atoms with van der Waals surface area (Å²) in [6.07, 6.45) is 3.64. The van der Waals surface area contributed by atoms with Crippen LogP contribution in [-0.2, 0) is 24.2 Å². The summed E-state index contributed by atoms with van der Waals surface area (Å²) in [5.74, 6) is -0.505. The Hall–Kier alpha value is -0.870. The fourth-order valence-corrected chi connectivity index (χ4v) is 8.40. The van der Waals surface area contributed by atoms with Gasteiger partial charge in [0.2, 0.25) is 0 Å². The summed E-state index contributed by atoms with van der Waals surface area (Å²) in [7, 11) is -4.51. The minimum atomic E-state index is -4.51. The van der Waals surface area contributed by atoms with Gasteiger partial charge in [-0.2, -0.15) is 8.42 Å². The Kier molecular flexibility index (Phi) is 5.26. The Bertz CT molecular complexity index is 855. The molecule has 8 atom stereocenters. The van der Waals surface area contributed by atoms with E-state index in [1.54, 1.807) is 0 Å². The highest BCUT2D eigenvalue weighted by Crippen LogP contribution is 2.67. The smallest absolute Gasteiger partial charge is 0.388 e. The maximum atomic E-state index is 13.5. The van der Waals surface area contributed by atoms with Crippen molar-refractivity contribution in [1.29, 1.82) is 0 Å². The van der Waals surface area contributed by atoms with Crippen molar-refractivity contribution in [3.05, 3.63) is 0 Å². The van der Waals surface area contributed by atoms with E-state index in [2.05, 4.69) is 6.92 Å². The minimum absolute atomic E-state index is 0.0327. The molecule has 0 heterocycles. The quantitative estimate of drug-likeness (QED) is 0.557. The van der Waals surface area contributed by atoms with Gasteiger partial charge in [0.25, 0.3) is 0 Å². The van der Waals surface area contributed by atoms with E-state index >= 15 is 0 Å². The van der Waals surface area contributed by atoms with Crippen molar-refractivity contribution in [2.75, 3.05) is 6.61 Å². The highest BCUT2D eigenvalue weighted by atomic mass is 32.3. The zero-order valence-corrected chi connectivity index (χ0v) is 18.4. The SMILES string of the molecule is C[C@]12CC[C@@H](OS(=O)(=O)O)C[C@H]1CC[C@@H]1[C@@H]2C(=O)C[C@@]2(C)[C@H]1CC[C@]2(O)C(=O)CO. The van der Waals surface area contributed by atoms with Crippen LogP contribution in [0.25, 0.3) is 0 Å². The molecule has 4 rings (SSSR count). The molecule has 30 heavy (non-hydrogen) atoms. The summed E-state index contributed by atoms with van der Waals surface area (Å²) in [5.41, 5.74) is -2.81. The summed E-state index contributed by atoms with van der Waals surface area (Å²) >= 11 is 0. The van der Waals surface area contributed by atoms with Crippen LogP contribution < -0.4 is 0 Å². The number of hydrogen-bond donors (Lipinski definition) is 3. The Morgan fingerprint density at radius 1 is 1.17 bits per heavy atom. The molecule has 3 N–H and O–H groups in total. The summed E-state index contributed by atoms with van der Waals surface area (Å²) in [6.45, 7) is 3.21. The molecule has 0 bridgehead atoms. The Morgan fingerprint density at radius 2 is 1.87 bits per heavy atom. The highest BCUT2D eigenvalue weighted by molar-refractivity contribution is 7.80. The molecule has 0 saturated heterocycles. The van der Waals surface area contributed by atoms with E-state index in [0.717, 1.165) is 12.8 Å². The van der Waals surface area contributed by atoms with Crippen LogP contribution in [0.15, 0.2) is 0 Å². The summed E-state index contributed by atoms with van der Waals surface area (Å²) in [4.78, 5) is 25.9. The largest absolute Gasteiger partial charge is 0.397 e. The predicted octanol–water partition coefficient (Wildman–Crippen LogP) is 1.69. The normalized spacial score (nSPS) is 48.6. The molecule has 4 aliphatic carbocycles. The molecule has 170 valence electrons. The first-order valence-corrected chi connectivity index (χ1v) is 12.3. The molecular weight excluding hydrogens is 412 g/mol. The maximum Gasteiger partial charge on any atom is 0.397 e. The molecule has 4 fully saturated rings. The van der Waals surface area contributed by atoms with Crippen LogP contribution in [0.5, 0.6) is 0 Å². The zero-order chi connectivity index (χ0) is 22.1. The second-order valence-electron chi connectivity index (χ2n) is 10.5. The van der Waals surface area contributed by atoms with E-state index in [9.17, 15) is 28.2 Å². The molecule has 0 radical (unpaired) electrons. The van der Waals surface area contributed by atoms with E-state index in [1.807, 2.05) is 6.92 Å². The molecule has 0 spiro atoms. The van der Waals surface area contributed by atoms with Crippen LogP contribution in [0.2, 0.25) is 0 Å². The number of carbonyl (C=O) groups is 2. The van der Waals surface area contributed by atoms with Gasteiger partial charge in [-0.3, -0.25) is 14.1 Å². The molecule has 8 nitrogen and oxygen atoms in total. The number of aliphatic hydroxyl groups excluding tert-OH is 1. The fourth-order valence-electron chi connectivity index (χ4n) is 7.89. The first-order valence-electron chi connectivity index (χ1n) is 10.9. The van der Waals surface area contributed by atoms with Crippen molar-refractivity contribution in [3.63, 3.8) is 0 Å². The van der Waals surface area contributed by atoms with E-state index in [1.165, 1.54) is 0 Å². The van der Waals surface area contributed by atoms with Crippen molar-refractivity contribution in [2.24, 2.45) is 34.5 Å². The third kappa shape index (κ3) is 3.11. The van der Waals surface area contributed by atoms with E-state index in [4.69, 9.17) is 8.74 Å². The average Bonchev–Trinajstić information content (AvgIpc) is 2.91. The second-order valence-corrected chi connectivity index (χ2v) is 11.5. The van der Waals surface area contributed by atoms with Crippen molar-refractivity contribution in [3.8, 4) is 0 Å². The molecule has 4 saturated carbocycles. The van der Waals surface area contributed by atoms with Gasteiger partial charge in [0.1, 0.15) is 18.0 Å².